The van der Waals surface area contributed by atoms with Crippen LogP contribution in [0, 0.1) is 6.92 Å². The van der Waals surface area contributed by atoms with Gasteiger partial charge in [0.15, 0.2) is 0 Å². The lowest BCUT2D eigenvalue weighted by molar-refractivity contribution is 0.0759. The average Bonchev–Trinajstić information content (AvgIpc) is 3.06. The molecule has 0 aliphatic heterocycles. The predicted octanol–water partition coefficient (Wildman–Crippen LogP) is 4.44. The third kappa shape index (κ3) is 3.27. The predicted molar refractivity (Wildman–Crippen MR) is 86.6 cm³/mol. The first-order valence-corrected chi connectivity index (χ1v) is 8.67. The molecule has 2 aromatic rings. The Labute approximate surface area is 128 Å². The third-order valence-corrected chi connectivity index (χ3v) is 5.18. The molecule has 0 saturated heterocycles. The highest BCUT2D eigenvalue weighted by atomic mass is 32.1. The summed E-state index contributed by atoms with van der Waals surface area (Å²) in [6.07, 6.45) is 1.97. The van der Waals surface area contributed by atoms with Crippen LogP contribution in [0.15, 0.2) is 17.5 Å². The van der Waals surface area contributed by atoms with Crippen molar-refractivity contribution >= 4 is 28.6 Å². The second-order valence-corrected chi connectivity index (χ2v) is 6.65. The van der Waals surface area contributed by atoms with Crippen molar-refractivity contribution in [2.45, 2.75) is 33.6 Å². The van der Waals surface area contributed by atoms with E-state index in [1.54, 1.807) is 11.3 Å². The summed E-state index contributed by atoms with van der Waals surface area (Å²) >= 11 is 3.18. The molecular formula is C15H20N2OS2. The lowest BCUT2D eigenvalue weighted by Crippen LogP contribution is -2.32. The normalized spacial score (nSPS) is 10.8. The molecule has 20 heavy (non-hydrogen) atoms. The van der Waals surface area contributed by atoms with Crippen LogP contribution >= 0.6 is 22.7 Å². The van der Waals surface area contributed by atoms with E-state index in [0.29, 0.717) is 0 Å². The molecule has 0 spiro atoms. The largest absolute Gasteiger partial charge is 0.338 e. The number of nitrogens with zero attached hydrogens (tertiary/aromatic N) is 2. The summed E-state index contributed by atoms with van der Waals surface area (Å²) in [5.41, 5.74) is 0.848. The zero-order valence-corrected chi connectivity index (χ0v) is 13.8. The fraction of sp³-hybridized carbons (Fsp3) is 0.467. The number of aryl methyl sites for hydroxylation is 1. The lowest BCUT2D eigenvalue weighted by atomic mass is 10.3. The molecule has 0 N–H and O–H groups in total. The highest BCUT2D eigenvalue weighted by Gasteiger charge is 2.21. The van der Waals surface area contributed by atoms with Gasteiger partial charge in [0.2, 0.25) is 0 Å². The Balaban J connectivity index is 2.25. The molecule has 0 bridgehead atoms. The number of aromatic nitrogens is 1. The molecule has 2 aromatic heterocycles. The first-order valence-electron chi connectivity index (χ1n) is 6.98. The topological polar surface area (TPSA) is 33.2 Å². The van der Waals surface area contributed by atoms with Crippen LogP contribution in [0.2, 0.25) is 0 Å². The number of hydrogen-bond donors (Lipinski definition) is 0. The summed E-state index contributed by atoms with van der Waals surface area (Å²) in [5, 5.41) is 2.99. The smallest absolute Gasteiger partial charge is 0.265 e. The Morgan fingerprint density at radius 1 is 1.30 bits per heavy atom. The van der Waals surface area contributed by atoms with Gasteiger partial charge in [-0.2, -0.15) is 0 Å². The maximum atomic E-state index is 12.6. The summed E-state index contributed by atoms with van der Waals surface area (Å²) in [4.78, 5) is 21.1. The molecule has 0 aromatic carbocycles. The van der Waals surface area contributed by atoms with E-state index < -0.39 is 0 Å². The van der Waals surface area contributed by atoms with Crippen molar-refractivity contribution < 1.29 is 4.79 Å². The summed E-state index contributed by atoms with van der Waals surface area (Å²) in [6.45, 7) is 7.77. The lowest BCUT2D eigenvalue weighted by Gasteiger charge is -2.20. The van der Waals surface area contributed by atoms with Crippen LogP contribution in [0.4, 0.5) is 0 Å². The third-order valence-electron chi connectivity index (χ3n) is 3.00. The van der Waals surface area contributed by atoms with Gasteiger partial charge in [0.25, 0.3) is 5.91 Å². The van der Waals surface area contributed by atoms with Crippen molar-refractivity contribution in [3.8, 4) is 9.88 Å². The van der Waals surface area contributed by atoms with Crippen molar-refractivity contribution in [1.82, 2.24) is 9.88 Å². The standard InChI is InChI=1S/C15H20N2OS2/c1-4-8-17(9-5-2)15(18)13-11(3)16-14(20-13)12-7-6-10-19-12/h6-7,10H,4-5,8-9H2,1-3H3. The molecule has 0 aliphatic rings. The van der Waals surface area contributed by atoms with Crippen molar-refractivity contribution in [1.29, 1.82) is 0 Å². The Kier molecular flexibility index (Phi) is 5.31. The second kappa shape index (κ2) is 6.99. The highest BCUT2D eigenvalue weighted by Crippen LogP contribution is 2.31. The maximum Gasteiger partial charge on any atom is 0.265 e. The number of thiophene rings is 1. The van der Waals surface area contributed by atoms with Gasteiger partial charge in [0, 0.05) is 13.1 Å². The van der Waals surface area contributed by atoms with E-state index in [1.165, 1.54) is 11.3 Å². The van der Waals surface area contributed by atoms with Gasteiger partial charge in [0.05, 0.1) is 10.6 Å². The average molecular weight is 308 g/mol. The van der Waals surface area contributed by atoms with Crippen LogP contribution in [0.1, 0.15) is 42.1 Å². The molecule has 0 atom stereocenters. The van der Waals surface area contributed by atoms with Gasteiger partial charge in [0.1, 0.15) is 9.88 Å². The van der Waals surface area contributed by atoms with Gasteiger partial charge in [-0.1, -0.05) is 19.9 Å². The molecule has 0 unspecified atom stereocenters. The Morgan fingerprint density at radius 2 is 2.00 bits per heavy atom. The fourth-order valence-corrected chi connectivity index (χ4v) is 3.93. The molecule has 3 nitrogen and oxygen atoms in total. The number of carbonyl (C=O) groups excluding carboxylic acids is 1. The van der Waals surface area contributed by atoms with Crippen LogP contribution < -0.4 is 0 Å². The molecular weight excluding hydrogens is 288 g/mol. The first-order chi connectivity index (χ1) is 9.67. The molecule has 108 valence electrons. The van der Waals surface area contributed by atoms with Gasteiger partial charge >= 0.3 is 0 Å². The highest BCUT2D eigenvalue weighted by molar-refractivity contribution is 7.22. The van der Waals surface area contributed by atoms with Gasteiger partial charge in [-0.3, -0.25) is 4.79 Å². The minimum absolute atomic E-state index is 0.131. The Morgan fingerprint density at radius 3 is 2.55 bits per heavy atom. The molecule has 2 heterocycles. The number of hydrogen-bond acceptors (Lipinski definition) is 4. The Bertz CT molecular complexity index is 554. The molecule has 5 heteroatoms. The molecule has 2 rings (SSSR count). The van der Waals surface area contributed by atoms with Gasteiger partial charge < -0.3 is 4.90 Å². The number of carbonyl (C=O) groups is 1. The minimum atomic E-state index is 0.131. The summed E-state index contributed by atoms with van der Waals surface area (Å²) in [6, 6.07) is 4.06. The van der Waals surface area contributed by atoms with Gasteiger partial charge in [-0.05, 0) is 31.2 Å². The first kappa shape index (κ1) is 15.2. The maximum absolute atomic E-state index is 12.6. The molecule has 0 saturated carbocycles. The zero-order chi connectivity index (χ0) is 14.5. The van der Waals surface area contributed by atoms with E-state index in [9.17, 15) is 4.79 Å². The van der Waals surface area contributed by atoms with E-state index >= 15 is 0 Å². The van der Waals surface area contributed by atoms with E-state index in [0.717, 1.165) is 46.4 Å². The molecule has 0 radical (unpaired) electrons. The van der Waals surface area contributed by atoms with Crippen LogP contribution in [0.25, 0.3) is 9.88 Å². The van der Waals surface area contributed by atoms with E-state index in [2.05, 4.69) is 18.8 Å². The molecule has 0 fully saturated rings. The van der Waals surface area contributed by atoms with E-state index in [4.69, 9.17) is 0 Å². The summed E-state index contributed by atoms with van der Waals surface area (Å²) in [7, 11) is 0. The monoisotopic (exact) mass is 308 g/mol. The fourth-order valence-electron chi connectivity index (χ4n) is 2.10. The number of thiazole rings is 1. The Hall–Kier alpha value is -1.20. The zero-order valence-electron chi connectivity index (χ0n) is 12.2. The van der Waals surface area contributed by atoms with E-state index in [-0.39, 0.29) is 5.91 Å². The second-order valence-electron chi connectivity index (χ2n) is 4.70. The van der Waals surface area contributed by atoms with Gasteiger partial charge in [-0.15, -0.1) is 22.7 Å². The minimum Gasteiger partial charge on any atom is -0.338 e. The number of rotatable bonds is 6. The number of amides is 1. The van der Waals surface area contributed by atoms with Crippen molar-refractivity contribution in [3.05, 3.63) is 28.1 Å². The van der Waals surface area contributed by atoms with Crippen LogP contribution in [-0.4, -0.2) is 28.9 Å². The molecule has 0 aliphatic carbocycles. The van der Waals surface area contributed by atoms with Crippen LogP contribution in [0.3, 0.4) is 0 Å². The molecule has 1 amide bonds. The van der Waals surface area contributed by atoms with Crippen LogP contribution in [0.5, 0.6) is 0 Å². The van der Waals surface area contributed by atoms with Gasteiger partial charge in [-0.25, -0.2) is 4.98 Å². The summed E-state index contributed by atoms with van der Waals surface area (Å²) in [5.74, 6) is 0.131. The SMILES string of the molecule is CCCN(CCC)C(=O)c1sc(-c2cccs2)nc1C. The van der Waals surface area contributed by atoms with E-state index in [1.807, 2.05) is 29.3 Å². The quantitative estimate of drug-likeness (QED) is 0.790. The van der Waals surface area contributed by atoms with Crippen molar-refractivity contribution in [2.24, 2.45) is 0 Å². The van der Waals surface area contributed by atoms with Crippen molar-refractivity contribution in [2.75, 3.05) is 13.1 Å². The summed E-state index contributed by atoms with van der Waals surface area (Å²) < 4.78 is 0. The van der Waals surface area contributed by atoms with Crippen molar-refractivity contribution in [3.63, 3.8) is 0 Å². The van der Waals surface area contributed by atoms with Crippen LogP contribution in [-0.2, 0) is 0 Å².